The predicted molar refractivity (Wildman–Crippen MR) is 70.3 cm³/mol. The van der Waals surface area contributed by atoms with Gasteiger partial charge in [-0.05, 0) is 7.05 Å². The van der Waals surface area contributed by atoms with Crippen LogP contribution in [0.2, 0.25) is 0 Å². The smallest absolute Gasteiger partial charge is 0.478 e. The first-order valence-electron chi connectivity index (χ1n) is 6.52. The van der Waals surface area contributed by atoms with Crippen LogP contribution in [0, 0.1) is 0 Å². The van der Waals surface area contributed by atoms with Crippen LogP contribution in [-0.4, -0.2) is 78.2 Å². The van der Waals surface area contributed by atoms with Crippen molar-refractivity contribution < 1.29 is 45.6 Å². The molecule has 2 bridgehead atoms. The third-order valence-electron chi connectivity index (χ3n) is 3.94. The Bertz CT molecular complexity index is 703. The maximum atomic E-state index is 12.5. The van der Waals surface area contributed by atoms with E-state index >= 15 is 0 Å². The summed E-state index contributed by atoms with van der Waals surface area (Å²) in [6.45, 7) is -0.447. The van der Waals surface area contributed by atoms with Gasteiger partial charge in [0.2, 0.25) is 0 Å². The van der Waals surface area contributed by atoms with E-state index in [1.165, 1.54) is 11.9 Å². The zero-order valence-electron chi connectivity index (χ0n) is 12.1. The molecule has 1 fully saturated rings. The monoisotopic (exact) mass is 374 g/mol. The first-order valence-corrected chi connectivity index (χ1v) is 7.93. The first-order chi connectivity index (χ1) is 10.8. The molecule has 2 atom stereocenters. The Hall–Kier alpha value is -2.02. The Morgan fingerprint density at radius 3 is 2.29 bits per heavy atom. The van der Waals surface area contributed by atoms with Crippen molar-refractivity contribution in [2.75, 3.05) is 20.1 Å². The van der Waals surface area contributed by atoms with Crippen LogP contribution in [0.15, 0.2) is 11.3 Å². The van der Waals surface area contributed by atoms with E-state index in [1.54, 1.807) is 0 Å². The van der Waals surface area contributed by atoms with Crippen LogP contribution in [0.3, 0.4) is 0 Å². The number of piperazine rings is 1. The summed E-state index contributed by atoms with van der Waals surface area (Å²) in [6, 6.07) is -1.83. The van der Waals surface area contributed by atoms with E-state index in [-0.39, 0.29) is 13.1 Å². The topological polar surface area (TPSA) is 124 Å². The Morgan fingerprint density at radius 2 is 1.83 bits per heavy atom. The average molecular weight is 374 g/mol. The highest BCUT2D eigenvalue weighted by atomic mass is 32.2. The van der Waals surface area contributed by atoms with Crippen molar-refractivity contribution in [1.29, 1.82) is 0 Å². The second-order valence-corrected chi connectivity index (χ2v) is 6.89. The summed E-state index contributed by atoms with van der Waals surface area (Å²) in [4.78, 5) is 24.9. The fourth-order valence-corrected chi connectivity index (χ4v) is 3.26. The molecular formula is C11H13F3N2O7S. The van der Waals surface area contributed by atoms with Crippen molar-refractivity contribution in [2.24, 2.45) is 0 Å². The van der Waals surface area contributed by atoms with Crippen LogP contribution in [0.4, 0.5) is 18.0 Å². The van der Waals surface area contributed by atoms with E-state index in [4.69, 9.17) is 5.11 Å². The standard InChI is InChI=1S/C11H13F3N2O7S/c1-15-5-2-7(23-24(21,22)11(12,13)14)8(9(17)18)6(15)4-16(3-5)10(19)20/h5-6H,2-4H2,1H3,(H,17,18)(H,19,20)/t5-,6-/m1/s1. The van der Waals surface area contributed by atoms with E-state index in [9.17, 15) is 36.3 Å². The zero-order valence-corrected chi connectivity index (χ0v) is 13.0. The van der Waals surface area contributed by atoms with Crippen LogP contribution < -0.4 is 0 Å². The van der Waals surface area contributed by atoms with Crippen molar-refractivity contribution in [3.63, 3.8) is 0 Å². The number of hydrogen-bond acceptors (Lipinski definition) is 6. The number of rotatable bonds is 3. The third-order valence-corrected chi connectivity index (χ3v) is 4.93. The number of hydrogen-bond donors (Lipinski definition) is 2. The molecule has 1 saturated heterocycles. The van der Waals surface area contributed by atoms with Gasteiger partial charge in [0.1, 0.15) is 5.76 Å². The highest BCUT2D eigenvalue weighted by Crippen LogP contribution is 2.36. The Balaban J connectivity index is 2.46. The number of nitrogens with zero attached hydrogens (tertiary/aromatic N) is 2. The summed E-state index contributed by atoms with van der Waals surface area (Å²) < 4.78 is 63.8. The second kappa shape index (κ2) is 5.81. The minimum Gasteiger partial charge on any atom is -0.478 e. The molecule has 0 spiro atoms. The number of amides is 1. The quantitative estimate of drug-likeness (QED) is 0.532. The SMILES string of the molecule is CN1[C@@H]2CC(OS(=O)(=O)C(F)(F)F)=C(C(=O)O)[C@H]1CN(C(=O)O)C2. The van der Waals surface area contributed by atoms with Gasteiger partial charge in [0.05, 0.1) is 11.6 Å². The van der Waals surface area contributed by atoms with Gasteiger partial charge in [-0.3, -0.25) is 4.90 Å². The molecule has 1 amide bonds. The largest absolute Gasteiger partial charge is 0.534 e. The lowest BCUT2D eigenvalue weighted by atomic mass is 9.90. The van der Waals surface area contributed by atoms with Gasteiger partial charge in [0.25, 0.3) is 0 Å². The van der Waals surface area contributed by atoms with Crippen LogP contribution >= 0.6 is 0 Å². The summed E-state index contributed by atoms with van der Waals surface area (Å²) in [7, 11) is -4.53. The summed E-state index contributed by atoms with van der Waals surface area (Å²) >= 11 is 0. The number of carbonyl (C=O) groups is 2. The molecule has 0 aromatic carbocycles. The second-order valence-electron chi connectivity index (χ2n) is 5.35. The van der Waals surface area contributed by atoms with Gasteiger partial charge in [-0.2, -0.15) is 21.6 Å². The van der Waals surface area contributed by atoms with Crippen LogP contribution in [-0.2, 0) is 19.1 Å². The van der Waals surface area contributed by atoms with Crippen LogP contribution in [0.1, 0.15) is 6.42 Å². The fraction of sp³-hybridized carbons (Fsp3) is 0.636. The molecule has 2 N–H and O–H groups in total. The van der Waals surface area contributed by atoms with Gasteiger partial charge >= 0.3 is 27.7 Å². The molecular weight excluding hydrogens is 361 g/mol. The lowest BCUT2D eigenvalue weighted by molar-refractivity contribution is -0.134. The lowest BCUT2D eigenvalue weighted by Crippen LogP contribution is -2.62. The molecule has 9 nitrogen and oxygen atoms in total. The number of carboxylic acids is 1. The molecule has 0 aromatic heterocycles. The Kier molecular flexibility index (Phi) is 4.43. The highest BCUT2D eigenvalue weighted by molar-refractivity contribution is 7.87. The Labute approximate surface area is 134 Å². The molecule has 0 aliphatic carbocycles. The number of carboxylic acid groups (broad SMARTS) is 2. The van der Waals surface area contributed by atoms with Crippen molar-refractivity contribution in [3.05, 3.63) is 11.3 Å². The number of aliphatic carboxylic acids is 1. The van der Waals surface area contributed by atoms with Crippen molar-refractivity contribution in [3.8, 4) is 0 Å². The van der Waals surface area contributed by atoms with E-state index in [1.807, 2.05) is 0 Å². The lowest BCUT2D eigenvalue weighted by Gasteiger charge is -2.47. The molecule has 0 unspecified atom stereocenters. The average Bonchev–Trinajstić information content (AvgIpc) is 2.37. The van der Waals surface area contributed by atoms with Gasteiger partial charge in [0.15, 0.2) is 0 Å². The summed E-state index contributed by atoms with van der Waals surface area (Å²) in [5, 5.41) is 18.3. The third kappa shape index (κ3) is 3.13. The van der Waals surface area contributed by atoms with Gasteiger partial charge in [0, 0.05) is 25.6 Å². The van der Waals surface area contributed by atoms with E-state index in [2.05, 4.69) is 4.18 Å². The van der Waals surface area contributed by atoms with Gasteiger partial charge in [-0.1, -0.05) is 0 Å². The predicted octanol–water partition coefficient (Wildman–Crippen LogP) is 0.258. The van der Waals surface area contributed by atoms with E-state index < -0.39 is 57.5 Å². The molecule has 0 aromatic rings. The molecule has 136 valence electrons. The van der Waals surface area contributed by atoms with Crippen molar-refractivity contribution in [2.45, 2.75) is 24.0 Å². The van der Waals surface area contributed by atoms with Crippen molar-refractivity contribution >= 4 is 22.2 Å². The molecule has 2 aliphatic heterocycles. The molecule has 0 radical (unpaired) electrons. The minimum absolute atomic E-state index is 0.117. The molecule has 2 aliphatic rings. The number of fused-ring (bicyclic) bond motifs is 2. The van der Waals surface area contributed by atoms with Gasteiger partial charge in [-0.25, -0.2) is 9.59 Å². The summed E-state index contributed by atoms with van der Waals surface area (Å²) in [5.41, 5.74) is -6.40. The Morgan fingerprint density at radius 1 is 1.25 bits per heavy atom. The number of likely N-dealkylation sites (N-methyl/N-ethyl adjacent to an activating group) is 1. The van der Waals surface area contributed by atoms with Crippen molar-refractivity contribution in [1.82, 2.24) is 9.80 Å². The first kappa shape index (κ1) is 18.3. The summed E-state index contributed by atoms with van der Waals surface area (Å²) in [5.74, 6) is -2.50. The zero-order chi connectivity index (χ0) is 18.4. The number of halogens is 3. The van der Waals surface area contributed by atoms with Crippen LogP contribution in [0.25, 0.3) is 0 Å². The minimum atomic E-state index is -6.01. The van der Waals surface area contributed by atoms with E-state index in [0.29, 0.717) is 0 Å². The molecule has 0 saturated carbocycles. The maximum Gasteiger partial charge on any atom is 0.534 e. The molecule has 13 heteroatoms. The van der Waals surface area contributed by atoms with E-state index in [0.717, 1.165) is 4.90 Å². The summed E-state index contributed by atoms with van der Waals surface area (Å²) in [6.07, 6.45) is -1.79. The highest BCUT2D eigenvalue weighted by Gasteiger charge is 2.51. The van der Waals surface area contributed by atoms with Gasteiger partial charge in [-0.15, -0.1) is 0 Å². The molecule has 2 rings (SSSR count). The number of alkyl halides is 3. The molecule has 24 heavy (non-hydrogen) atoms. The van der Waals surface area contributed by atoms with Gasteiger partial charge < -0.3 is 19.3 Å². The normalized spacial score (nSPS) is 25.6. The van der Waals surface area contributed by atoms with Crippen LogP contribution in [0.5, 0.6) is 0 Å². The molecule has 2 heterocycles. The maximum absolute atomic E-state index is 12.5. The fourth-order valence-electron chi connectivity index (χ4n) is 2.74.